The predicted molar refractivity (Wildman–Crippen MR) is 77.3 cm³/mol. The highest BCUT2D eigenvalue weighted by Crippen LogP contribution is 2.39. The van der Waals surface area contributed by atoms with Gasteiger partial charge in [0.15, 0.2) is 0 Å². The zero-order valence-corrected chi connectivity index (χ0v) is 11.8. The first-order valence-electron chi connectivity index (χ1n) is 6.23. The van der Waals surface area contributed by atoms with Crippen LogP contribution in [0.5, 0.6) is 11.5 Å². The number of halogens is 1. The molecule has 0 aliphatic carbocycles. The second kappa shape index (κ2) is 6.13. The summed E-state index contributed by atoms with van der Waals surface area (Å²) in [6.07, 6.45) is 0.156. The van der Waals surface area contributed by atoms with E-state index in [4.69, 9.17) is 21.1 Å². The molecule has 1 atom stereocenters. The van der Waals surface area contributed by atoms with Gasteiger partial charge in [0.1, 0.15) is 18.1 Å². The quantitative estimate of drug-likeness (QED) is 0.908. The van der Waals surface area contributed by atoms with Crippen molar-refractivity contribution in [2.24, 2.45) is 0 Å². The summed E-state index contributed by atoms with van der Waals surface area (Å²) in [7, 11) is 1.61. The van der Waals surface area contributed by atoms with Crippen LogP contribution in [0.3, 0.4) is 0 Å². The van der Waals surface area contributed by atoms with Crippen molar-refractivity contribution in [3.8, 4) is 11.5 Å². The Balaban J connectivity index is 2.45. The van der Waals surface area contributed by atoms with Crippen LogP contribution in [0.25, 0.3) is 10.8 Å². The smallest absolute Gasteiger partial charge is 0.146 e. The third-order valence-corrected chi connectivity index (χ3v) is 3.30. The highest BCUT2D eigenvalue weighted by atomic mass is 35.5. The number of fused-ring (bicyclic) bond motifs is 1. The Morgan fingerprint density at radius 2 is 1.95 bits per heavy atom. The molecular weight excluding hydrogens is 264 g/mol. The largest absolute Gasteiger partial charge is 0.496 e. The van der Waals surface area contributed by atoms with Crippen molar-refractivity contribution >= 4 is 22.4 Å². The lowest BCUT2D eigenvalue weighted by molar-refractivity contribution is 0.105. The van der Waals surface area contributed by atoms with Crippen LogP contribution >= 0.6 is 11.6 Å². The lowest BCUT2D eigenvalue weighted by atomic mass is 10.1. The van der Waals surface area contributed by atoms with Gasteiger partial charge < -0.3 is 14.6 Å². The minimum atomic E-state index is -0.489. The van der Waals surface area contributed by atoms with E-state index < -0.39 is 6.10 Å². The molecule has 0 aliphatic rings. The van der Waals surface area contributed by atoms with E-state index in [0.717, 1.165) is 10.8 Å². The van der Waals surface area contributed by atoms with Gasteiger partial charge in [0, 0.05) is 16.8 Å². The van der Waals surface area contributed by atoms with Crippen molar-refractivity contribution in [2.75, 3.05) is 13.7 Å². The molecular formula is C15H17ClO3. The van der Waals surface area contributed by atoms with Gasteiger partial charge in [-0.1, -0.05) is 42.8 Å². The van der Waals surface area contributed by atoms with Gasteiger partial charge in [0.25, 0.3) is 0 Å². The van der Waals surface area contributed by atoms with Gasteiger partial charge in [0.2, 0.25) is 0 Å². The summed E-state index contributed by atoms with van der Waals surface area (Å²) in [4.78, 5) is 0. The molecule has 0 bridgehead atoms. The van der Waals surface area contributed by atoms with Gasteiger partial charge in [0.05, 0.1) is 18.2 Å². The van der Waals surface area contributed by atoms with Gasteiger partial charge in [-0.05, 0) is 6.42 Å². The first kappa shape index (κ1) is 14.0. The molecule has 19 heavy (non-hydrogen) atoms. The number of ether oxygens (including phenoxy) is 2. The van der Waals surface area contributed by atoms with Gasteiger partial charge >= 0.3 is 0 Å². The minimum Gasteiger partial charge on any atom is -0.496 e. The van der Waals surface area contributed by atoms with E-state index in [2.05, 4.69) is 0 Å². The molecule has 1 unspecified atom stereocenters. The van der Waals surface area contributed by atoms with Crippen LogP contribution in [0.15, 0.2) is 30.3 Å². The van der Waals surface area contributed by atoms with E-state index in [9.17, 15) is 5.11 Å². The van der Waals surface area contributed by atoms with Crippen molar-refractivity contribution in [3.05, 3.63) is 35.4 Å². The van der Waals surface area contributed by atoms with Gasteiger partial charge in [-0.15, -0.1) is 0 Å². The molecule has 0 amide bonds. The monoisotopic (exact) mass is 280 g/mol. The van der Waals surface area contributed by atoms with E-state index in [1.165, 1.54) is 0 Å². The normalized spacial score (nSPS) is 12.4. The molecule has 0 radical (unpaired) electrons. The number of rotatable bonds is 5. The topological polar surface area (TPSA) is 38.7 Å². The molecule has 102 valence electrons. The van der Waals surface area contributed by atoms with Crippen molar-refractivity contribution in [1.29, 1.82) is 0 Å². The third kappa shape index (κ3) is 2.94. The zero-order valence-electron chi connectivity index (χ0n) is 11.0. The molecule has 2 rings (SSSR count). The van der Waals surface area contributed by atoms with E-state index in [1.54, 1.807) is 13.2 Å². The lowest BCUT2D eigenvalue weighted by Crippen LogP contribution is -2.16. The summed E-state index contributed by atoms with van der Waals surface area (Å²) in [6, 6.07) is 9.47. The fourth-order valence-corrected chi connectivity index (χ4v) is 2.15. The zero-order chi connectivity index (χ0) is 13.8. The first-order chi connectivity index (χ1) is 9.17. The maximum Gasteiger partial charge on any atom is 0.146 e. The maximum atomic E-state index is 9.59. The predicted octanol–water partition coefficient (Wildman–Crippen LogP) is 3.65. The summed E-state index contributed by atoms with van der Waals surface area (Å²) in [5.41, 5.74) is 0. The highest BCUT2D eigenvalue weighted by Gasteiger charge is 2.13. The van der Waals surface area contributed by atoms with Crippen LogP contribution in [0, 0.1) is 0 Å². The van der Waals surface area contributed by atoms with Crippen LogP contribution in [0.4, 0.5) is 0 Å². The summed E-state index contributed by atoms with van der Waals surface area (Å²) in [5, 5.41) is 11.9. The number of methoxy groups -OCH3 is 1. The van der Waals surface area contributed by atoms with Crippen molar-refractivity contribution in [2.45, 2.75) is 19.4 Å². The maximum absolute atomic E-state index is 9.59. The molecule has 0 aromatic heterocycles. The van der Waals surface area contributed by atoms with Gasteiger partial charge in [-0.25, -0.2) is 0 Å². The molecule has 2 aromatic rings. The minimum absolute atomic E-state index is 0.229. The Bertz CT molecular complexity index is 569. The molecule has 0 saturated carbocycles. The first-order valence-corrected chi connectivity index (χ1v) is 6.61. The van der Waals surface area contributed by atoms with E-state index >= 15 is 0 Å². The molecule has 1 N–H and O–H groups in total. The fraction of sp³-hybridized carbons (Fsp3) is 0.333. The average molecular weight is 281 g/mol. The average Bonchev–Trinajstić information content (AvgIpc) is 2.45. The third-order valence-electron chi connectivity index (χ3n) is 3.02. The van der Waals surface area contributed by atoms with Crippen LogP contribution in [-0.2, 0) is 0 Å². The molecule has 0 saturated heterocycles. The number of aliphatic hydroxyl groups is 1. The summed E-state index contributed by atoms with van der Waals surface area (Å²) >= 11 is 6.23. The van der Waals surface area contributed by atoms with E-state index in [1.807, 2.05) is 31.2 Å². The second-order valence-electron chi connectivity index (χ2n) is 4.31. The van der Waals surface area contributed by atoms with Gasteiger partial charge in [-0.3, -0.25) is 0 Å². The molecule has 0 spiro atoms. The molecule has 0 fully saturated rings. The van der Waals surface area contributed by atoms with Crippen LogP contribution in [-0.4, -0.2) is 24.9 Å². The SMILES string of the molecule is CCC(O)COc1c(Cl)cc(OC)c2ccccc12. The second-order valence-corrected chi connectivity index (χ2v) is 4.72. The van der Waals surface area contributed by atoms with Crippen LogP contribution in [0.2, 0.25) is 5.02 Å². The van der Waals surface area contributed by atoms with Crippen molar-refractivity contribution < 1.29 is 14.6 Å². The molecule has 0 aliphatic heterocycles. The summed E-state index contributed by atoms with van der Waals surface area (Å²) in [6.45, 7) is 2.13. The van der Waals surface area contributed by atoms with E-state index in [0.29, 0.717) is 22.9 Å². The number of aliphatic hydroxyl groups excluding tert-OH is 1. The van der Waals surface area contributed by atoms with Crippen LogP contribution in [0.1, 0.15) is 13.3 Å². The molecule has 3 nitrogen and oxygen atoms in total. The Morgan fingerprint density at radius 3 is 2.58 bits per heavy atom. The van der Waals surface area contributed by atoms with Gasteiger partial charge in [-0.2, -0.15) is 0 Å². The molecule has 4 heteroatoms. The van der Waals surface area contributed by atoms with Crippen molar-refractivity contribution in [3.63, 3.8) is 0 Å². The number of hydrogen-bond donors (Lipinski definition) is 1. The Labute approximate surface area is 117 Å². The Morgan fingerprint density at radius 1 is 1.26 bits per heavy atom. The molecule has 2 aromatic carbocycles. The molecule has 0 heterocycles. The highest BCUT2D eigenvalue weighted by molar-refractivity contribution is 6.33. The Kier molecular flexibility index (Phi) is 4.51. The lowest BCUT2D eigenvalue weighted by Gasteiger charge is -2.15. The van der Waals surface area contributed by atoms with E-state index in [-0.39, 0.29) is 6.61 Å². The standard InChI is InChI=1S/C15H17ClO3/c1-3-10(17)9-19-15-12-7-5-4-6-11(12)14(18-2)8-13(15)16/h4-8,10,17H,3,9H2,1-2H3. The van der Waals surface area contributed by atoms with Crippen molar-refractivity contribution in [1.82, 2.24) is 0 Å². The number of hydrogen-bond acceptors (Lipinski definition) is 3. The summed E-state index contributed by atoms with van der Waals surface area (Å²) < 4.78 is 11.0. The number of benzene rings is 2. The fourth-order valence-electron chi connectivity index (χ4n) is 1.90. The summed E-state index contributed by atoms with van der Waals surface area (Å²) in [5.74, 6) is 1.30. The van der Waals surface area contributed by atoms with Crippen LogP contribution < -0.4 is 9.47 Å². The Hall–Kier alpha value is -1.45.